The zero-order valence-electron chi connectivity index (χ0n) is 17.4. The summed E-state index contributed by atoms with van der Waals surface area (Å²) in [5.74, 6) is -0.839. The van der Waals surface area contributed by atoms with Crippen LogP contribution in [0.4, 0.5) is 0 Å². The fraction of sp³-hybridized carbons (Fsp3) is 0.280. The van der Waals surface area contributed by atoms with E-state index in [4.69, 9.17) is 0 Å². The van der Waals surface area contributed by atoms with Crippen LogP contribution in [0.1, 0.15) is 52.5 Å². The smallest absolute Gasteiger partial charge is 0.277 e. The molecule has 6 heteroatoms. The highest BCUT2D eigenvalue weighted by molar-refractivity contribution is 5.96. The second kappa shape index (κ2) is 7.61. The molecule has 0 aliphatic carbocycles. The molecular formula is C25H25N3O3. The summed E-state index contributed by atoms with van der Waals surface area (Å²) in [7, 11) is 1.76. The molecule has 6 nitrogen and oxygen atoms in total. The molecule has 2 aliphatic rings. The Morgan fingerprint density at radius 2 is 1.68 bits per heavy atom. The number of rotatable bonds is 1. The van der Waals surface area contributed by atoms with Crippen molar-refractivity contribution >= 4 is 5.91 Å². The summed E-state index contributed by atoms with van der Waals surface area (Å²) < 4.78 is 1.70. The van der Waals surface area contributed by atoms with Gasteiger partial charge in [-0.1, -0.05) is 54.6 Å². The molecule has 0 spiro atoms. The van der Waals surface area contributed by atoms with Gasteiger partial charge in [0.15, 0.2) is 11.4 Å². The van der Waals surface area contributed by atoms with Crippen molar-refractivity contribution in [2.24, 2.45) is 0 Å². The summed E-state index contributed by atoms with van der Waals surface area (Å²) in [4.78, 5) is 27.0. The van der Waals surface area contributed by atoms with Crippen LogP contribution in [0.25, 0.3) is 0 Å². The second-order valence-electron chi connectivity index (χ2n) is 8.26. The number of fused-ring (bicyclic) bond motifs is 4. The number of aromatic nitrogens is 1. The molecule has 0 saturated carbocycles. The van der Waals surface area contributed by atoms with Crippen LogP contribution in [-0.4, -0.2) is 33.8 Å². The maximum atomic E-state index is 13.2. The number of hydrogen-bond donors (Lipinski definition) is 1. The molecule has 1 amide bonds. The summed E-state index contributed by atoms with van der Waals surface area (Å²) in [5, 5.41) is 12.7. The third kappa shape index (κ3) is 3.10. The summed E-state index contributed by atoms with van der Waals surface area (Å²) in [6.07, 6.45) is 5.18. The third-order valence-corrected chi connectivity index (χ3v) is 6.47. The fourth-order valence-corrected chi connectivity index (χ4v) is 4.94. The van der Waals surface area contributed by atoms with Crippen LogP contribution in [0.2, 0.25) is 0 Å². The topological polar surface area (TPSA) is 65.8 Å². The normalized spacial score (nSPS) is 20.7. The molecule has 0 radical (unpaired) electrons. The van der Waals surface area contributed by atoms with Gasteiger partial charge in [0.05, 0.1) is 6.04 Å². The second-order valence-corrected chi connectivity index (χ2v) is 8.26. The Hall–Kier alpha value is -3.54. The van der Waals surface area contributed by atoms with Crippen LogP contribution >= 0.6 is 0 Å². The predicted molar refractivity (Wildman–Crippen MR) is 119 cm³/mol. The number of amides is 1. The lowest BCUT2D eigenvalue weighted by atomic mass is 9.92. The van der Waals surface area contributed by atoms with Gasteiger partial charge in [-0.3, -0.25) is 19.3 Å². The first kappa shape index (κ1) is 19.4. The van der Waals surface area contributed by atoms with E-state index in [1.54, 1.807) is 22.8 Å². The van der Waals surface area contributed by atoms with Gasteiger partial charge < -0.3 is 10.0 Å². The predicted octanol–water partition coefficient (Wildman–Crippen LogP) is 3.42. The molecule has 0 fully saturated rings. The molecular weight excluding hydrogens is 390 g/mol. The number of pyridine rings is 1. The first-order chi connectivity index (χ1) is 15.1. The first-order valence-corrected chi connectivity index (χ1v) is 10.7. The Morgan fingerprint density at radius 3 is 2.48 bits per heavy atom. The largest absolute Gasteiger partial charge is 0.502 e. The van der Waals surface area contributed by atoms with Gasteiger partial charge in [0.25, 0.3) is 5.91 Å². The van der Waals surface area contributed by atoms with E-state index in [2.05, 4.69) is 35.3 Å². The monoisotopic (exact) mass is 415 g/mol. The number of carbonyl (C=O) groups is 1. The maximum Gasteiger partial charge on any atom is 0.277 e. The molecule has 1 aromatic heterocycles. The van der Waals surface area contributed by atoms with Crippen LogP contribution < -0.4 is 10.4 Å². The van der Waals surface area contributed by atoms with Gasteiger partial charge in [-0.25, -0.2) is 0 Å². The lowest BCUT2D eigenvalue weighted by Crippen LogP contribution is -2.61. The SMILES string of the molecule is CN1C(=O)c2c(O)c(=O)ccn2N2C(c3ccccc3)c3ccccc3CCCCC12. The van der Waals surface area contributed by atoms with E-state index in [1.165, 1.54) is 17.2 Å². The number of nitrogens with zero attached hydrogens (tertiary/aromatic N) is 3. The molecule has 1 N–H and O–H groups in total. The van der Waals surface area contributed by atoms with Crippen LogP contribution in [0.3, 0.4) is 0 Å². The summed E-state index contributed by atoms with van der Waals surface area (Å²) in [6, 6.07) is 19.8. The van der Waals surface area contributed by atoms with Gasteiger partial charge in [0.2, 0.25) is 5.43 Å². The highest BCUT2D eigenvalue weighted by Gasteiger charge is 2.42. The van der Waals surface area contributed by atoms with Gasteiger partial charge in [0, 0.05) is 19.3 Å². The van der Waals surface area contributed by atoms with Gasteiger partial charge in [-0.2, -0.15) is 0 Å². The summed E-state index contributed by atoms with van der Waals surface area (Å²) >= 11 is 0. The van der Waals surface area contributed by atoms with E-state index in [0.29, 0.717) is 0 Å². The number of carbonyl (C=O) groups excluding carboxylic acids is 1. The van der Waals surface area contributed by atoms with Crippen molar-refractivity contribution in [3.8, 4) is 5.75 Å². The number of benzene rings is 2. The molecule has 3 aromatic rings. The Bertz CT molecular complexity index is 1190. The summed E-state index contributed by atoms with van der Waals surface area (Å²) in [5.41, 5.74) is 3.01. The van der Waals surface area contributed by atoms with Crippen molar-refractivity contribution < 1.29 is 9.90 Å². The molecule has 2 atom stereocenters. The van der Waals surface area contributed by atoms with Crippen molar-refractivity contribution in [2.45, 2.75) is 37.9 Å². The Kier molecular flexibility index (Phi) is 4.77. The van der Waals surface area contributed by atoms with E-state index >= 15 is 0 Å². The van der Waals surface area contributed by atoms with E-state index < -0.39 is 11.2 Å². The molecule has 2 aromatic carbocycles. The van der Waals surface area contributed by atoms with E-state index in [9.17, 15) is 14.7 Å². The van der Waals surface area contributed by atoms with Gasteiger partial charge in [0.1, 0.15) is 6.17 Å². The van der Waals surface area contributed by atoms with Crippen LogP contribution in [0.5, 0.6) is 5.75 Å². The van der Waals surface area contributed by atoms with Crippen molar-refractivity contribution in [3.63, 3.8) is 0 Å². The summed E-state index contributed by atoms with van der Waals surface area (Å²) in [6.45, 7) is 0. The molecule has 2 unspecified atom stereocenters. The quantitative estimate of drug-likeness (QED) is 0.661. The van der Waals surface area contributed by atoms with Crippen molar-refractivity contribution in [1.29, 1.82) is 0 Å². The van der Waals surface area contributed by atoms with E-state index in [1.807, 2.05) is 24.3 Å². The molecule has 158 valence electrons. The van der Waals surface area contributed by atoms with Crippen molar-refractivity contribution in [1.82, 2.24) is 9.58 Å². The Labute approximate surface area is 180 Å². The zero-order chi connectivity index (χ0) is 21.5. The molecule has 3 heterocycles. The van der Waals surface area contributed by atoms with Crippen molar-refractivity contribution in [3.05, 3.63) is 99.5 Å². The Balaban J connectivity index is 1.83. The van der Waals surface area contributed by atoms with Gasteiger partial charge in [-0.15, -0.1) is 0 Å². The minimum absolute atomic E-state index is 0.0175. The van der Waals surface area contributed by atoms with Crippen LogP contribution in [-0.2, 0) is 6.42 Å². The maximum absolute atomic E-state index is 13.2. The van der Waals surface area contributed by atoms with Crippen LogP contribution in [0.15, 0.2) is 71.7 Å². The van der Waals surface area contributed by atoms with E-state index in [-0.39, 0.29) is 23.8 Å². The third-order valence-electron chi connectivity index (χ3n) is 6.47. The highest BCUT2D eigenvalue weighted by Crippen LogP contribution is 2.38. The first-order valence-electron chi connectivity index (χ1n) is 10.7. The average molecular weight is 415 g/mol. The highest BCUT2D eigenvalue weighted by atomic mass is 16.3. The van der Waals surface area contributed by atoms with Gasteiger partial charge >= 0.3 is 0 Å². The lowest BCUT2D eigenvalue weighted by molar-refractivity contribution is 0.0604. The minimum Gasteiger partial charge on any atom is -0.502 e. The fourth-order valence-electron chi connectivity index (χ4n) is 4.94. The Morgan fingerprint density at radius 1 is 0.935 bits per heavy atom. The average Bonchev–Trinajstić information content (AvgIpc) is 2.87. The van der Waals surface area contributed by atoms with Crippen LogP contribution in [0, 0.1) is 0 Å². The number of hydrogen-bond acceptors (Lipinski definition) is 4. The number of aryl methyl sites for hydroxylation is 1. The van der Waals surface area contributed by atoms with Gasteiger partial charge in [-0.05, 0) is 42.4 Å². The molecule has 0 saturated heterocycles. The number of aromatic hydroxyl groups is 1. The molecule has 5 rings (SSSR count). The standard InChI is InChI=1S/C25H25N3O3/c1-26-21-14-8-6-10-17-9-5-7-13-19(17)22(18-11-3-2-4-12-18)28(21)27-16-15-20(29)24(30)23(27)25(26)31/h2-5,7,9,11-13,15-16,21-22,30H,6,8,10,14H2,1H3. The van der Waals surface area contributed by atoms with E-state index in [0.717, 1.165) is 31.2 Å². The van der Waals surface area contributed by atoms with Crippen molar-refractivity contribution in [2.75, 3.05) is 12.1 Å². The molecule has 31 heavy (non-hydrogen) atoms. The molecule has 0 bridgehead atoms. The minimum atomic E-state index is -0.549. The zero-order valence-corrected chi connectivity index (χ0v) is 17.4. The lowest BCUT2D eigenvalue weighted by Gasteiger charge is -2.49. The molecule has 2 aliphatic heterocycles.